The van der Waals surface area contributed by atoms with Crippen LogP contribution in [-0.4, -0.2) is 30.5 Å². The molecule has 1 rings (SSSR count). The number of nitrogens with zero attached hydrogens (tertiary/aromatic N) is 1. The van der Waals surface area contributed by atoms with Gasteiger partial charge in [0.1, 0.15) is 12.0 Å². The van der Waals surface area contributed by atoms with E-state index in [2.05, 4.69) is 20.3 Å². The van der Waals surface area contributed by atoms with Gasteiger partial charge in [-0.2, -0.15) is 0 Å². The normalized spacial score (nSPS) is 9.79. The second-order valence-corrected chi connectivity index (χ2v) is 3.00. The molecular weight excluding hydrogens is 202 g/mol. The minimum Gasteiger partial charge on any atom is -0.383 e. The Labute approximate surface area is 87.8 Å². The van der Waals surface area contributed by atoms with E-state index in [9.17, 15) is 0 Å². The van der Waals surface area contributed by atoms with Crippen molar-refractivity contribution in [3.05, 3.63) is 18.0 Å². The molecule has 5 nitrogen and oxygen atoms in total. The molecular formula is C8H13N3O2S. The second kappa shape index (κ2) is 6.33. The lowest BCUT2D eigenvalue weighted by atomic mass is 10.4. The Balaban J connectivity index is 2.09. The highest BCUT2D eigenvalue weighted by Crippen LogP contribution is 1.92. The van der Waals surface area contributed by atoms with Gasteiger partial charge in [-0.25, -0.2) is 0 Å². The number of hydrogen-bond acceptors (Lipinski definition) is 4. The quantitative estimate of drug-likeness (QED) is 0.543. The summed E-state index contributed by atoms with van der Waals surface area (Å²) >= 11 is 5.00. The van der Waals surface area contributed by atoms with Crippen molar-refractivity contribution in [2.45, 2.75) is 6.54 Å². The van der Waals surface area contributed by atoms with E-state index in [1.165, 1.54) is 6.26 Å². The molecule has 1 aromatic heterocycles. The molecule has 0 saturated carbocycles. The SMILES string of the molecule is COCCNC(=S)NCc1ccon1. The largest absolute Gasteiger partial charge is 0.383 e. The van der Waals surface area contributed by atoms with Crippen molar-refractivity contribution in [3.8, 4) is 0 Å². The highest BCUT2D eigenvalue weighted by molar-refractivity contribution is 7.80. The fourth-order valence-corrected chi connectivity index (χ4v) is 1.00. The molecule has 0 aliphatic heterocycles. The summed E-state index contributed by atoms with van der Waals surface area (Å²) < 4.78 is 9.54. The molecule has 0 aromatic carbocycles. The first-order valence-electron chi connectivity index (χ1n) is 4.23. The summed E-state index contributed by atoms with van der Waals surface area (Å²) in [7, 11) is 1.65. The molecule has 0 unspecified atom stereocenters. The second-order valence-electron chi connectivity index (χ2n) is 2.59. The van der Waals surface area contributed by atoms with Gasteiger partial charge in [0, 0.05) is 19.7 Å². The van der Waals surface area contributed by atoms with Crippen LogP contribution in [0.1, 0.15) is 5.69 Å². The van der Waals surface area contributed by atoms with Gasteiger partial charge in [-0.3, -0.25) is 0 Å². The highest BCUT2D eigenvalue weighted by Gasteiger charge is 1.97. The van der Waals surface area contributed by atoms with Gasteiger partial charge in [-0.1, -0.05) is 5.16 Å². The Morgan fingerprint density at radius 2 is 2.50 bits per heavy atom. The molecule has 0 spiro atoms. The minimum atomic E-state index is 0.565. The maximum atomic E-state index is 5.00. The van der Waals surface area contributed by atoms with Crippen molar-refractivity contribution in [1.82, 2.24) is 15.8 Å². The van der Waals surface area contributed by atoms with E-state index < -0.39 is 0 Å². The van der Waals surface area contributed by atoms with Crippen LogP contribution < -0.4 is 10.6 Å². The van der Waals surface area contributed by atoms with Crippen molar-refractivity contribution < 1.29 is 9.26 Å². The average molecular weight is 215 g/mol. The van der Waals surface area contributed by atoms with Crippen LogP contribution in [0.2, 0.25) is 0 Å². The lowest BCUT2D eigenvalue weighted by Gasteiger charge is -2.08. The monoisotopic (exact) mass is 215 g/mol. The summed E-state index contributed by atoms with van der Waals surface area (Å²) in [6.45, 7) is 1.89. The Morgan fingerprint density at radius 3 is 3.14 bits per heavy atom. The van der Waals surface area contributed by atoms with E-state index in [4.69, 9.17) is 17.0 Å². The lowest BCUT2D eigenvalue weighted by Crippen LogP contribution is -2.36. The molecule has 6 heteroatoms. The molecule has 0 aliphatic rings. The van der Waals surface area contributed by atoms with Crippen LogP contribution in [0.5, 0.6) is 0 Å². The zero-order chi connectivity index (χ0) is 10.2. The number of hydrogen-bond donors (Lipinski definition) is 2. The van der Waals surface area contributed by atoms with Crippen molar-refractivity contribution in [2.75, 3.05) is 20.3 Å². The van der Waals surface area contributed by atoms with Gasteiger partial charge in [0.2, 0.25) is 0 Å². The van der Waals surface area contributed by atoms with E-state index in [1.807, 2.05) is 0 Å². The molecule has 1 heterocycles. The third kappa shape index (κ3) is 4.20. The van der Waals surface area contributed by atoms with Crippen LogP contribution in [0.3, 0.4) is 0 Å². The first kappa shape index (κ1) is 10.9. The molecule has 0 fully saturated rings. The van der Waals surface area contributed by atoms with Gasteiger partial charge in [0.25, 0.3) is 0 Å². The molecule has 14 heavy (non-hydrogen) atoms. The zero-order valence-electron chi connectivity index (χ0n) is 7.95. The first-order valence-corrected chi connectivity index (χ1v) is 4.63. The maximum absolute atomic E-state index is 5.00. The molecule has 78 valence electrons. The average Bonchev–Trinajstić information content (AvgIpc) is 2.68. The van der Waals surface area contributed by atoms with Crippen molar-refractivity contribution in [2.24, 2.45) is 0 Å². The van der Waals surface area contributed by atoms with Gasteiger partial charge in [-0.15, -0.1) is 0 Å². The highest BCUT2D eigenvalue weighted by atomic mass is 32.1. The predicted molar refractivity (Wildman–Crippen MR) is 55.8 cm³/mol. The molecule has 0 amide bonds. The third-order valence-electron chi connectivity index (χ3n) is 1.51. The number of ether oxygens (including phenoxy) is 1. The summed E-state index contributed by atoms with van der Waals surface area (Å²) in [4.78, 5) is 0. The number of methoxy groups -OCH3 is 1. The molecule has 0 atom stereocenters. The van der Waals surface area contributed by atoms with Gasteiger partial charge in [-0.05, 0) is 12.2 Å². The first-order chi connectivity index (χ1) is 6.83. The summed E-state index contributed by atoms with van der Waals surface area (Å²) in [5.74, 6) is 0. The van der Waals surface area contributed by atoms with Gasteiger partial charge >= 0.3 is 0 Å². The molecule has 0 aliphatic carbocycles. The smallest absolute Gasteiger partial charge is 0.166 e. The summed E-state index contributed by atoms with van der Waals surface area (Å²) in [6, 6.07) is 1.78. The van der Waals surface area contributed by atoms with Crippen LogP contribution in [0.15, 0.2) is 16.9 Å². The van der Waals surface area contributed by atoms with Crippen LogP contribution in [0.4, 0.5) is 0 Å². The molecule has 2 N–H and O–H groups in total. The fourth-order valence-electron chi connectivity index (χ4n) is 0.829. The topological polar surface area (TPSA) is 59.3 Å². The van der Waals surface area contributed by atoms with Crippen molar-refractivity contribution in [3.63, 3.8) is 0 Å². The Morgan fingerprint density at radius 1 is 1.64 bits per heavy atom. The Bertz CT molecular complexity index is 264. The number of thiocarbonyl (C=S) groups is 1. The summed E-state index contributed by atoms with van der Waals surface area (Å²) in [5.41, 5.74) is 0.820. The predicted octanol–water partition coefficient (Wildman–Crippen LogP) is 0.285. The van der Waals surface area contributed by atoms with Crippen molar-refractivity contribution >= 4 is 17.3 Å². The van der Waals surface area contributed by atoms with Crippen LogP contribution in [-0.2, 0) is 11.3 Å². The lowest BCUT2D eigenvalue weighted by molar-refractivity contribution is 0.204. The minimum absolute atomic E-state index is 0.565. The molecule has 0 bridgehead atoms. The van der Waals surface area contributed by atoms with Crippen LogP contribution >= 0.6 is 12.2 Å². The molecule has 1 aromatic rings. The van der Waals surface area contributed by atoms with Gasteiger partial charge in [0.15, 0.2) is 5.11 Å². The van der Waals surface area contributed by atoms with Gasteiger partial charge in [0.05, 0.1) is 13.2 Å². The van der Waals surface area contributed by atoms with E-state index in [0.717, 1.165) is 5.69 Å². The summed E-state index contributed by atoms with van der Waals surface area (Å²) in [6.07, 6.45) is 1.53. The van der Waals surface area contributed by atoms with E-state index in [-0.39, 0.29) is 0 Å². The maximum Gasteiger partial charge on any atom is 0.166 e. The van der Waals surface area contributed by atoms with E-state index in [1.54, 1.807) is 13.2 Å². The Hall–Kier alpha value is -1.14. The number of aromatic nitrogens is 1. The van der Waals surface area contributed by atoms with Crippen LogP contribution in [0.25, 0.3) is 0 Å². The molecule has 0 saturated heterocycles. The van der Waals surface area contributed by atoms with Crippen molar-refractivity contribution in [1.29, 1.82) is 0 Å². The third-order valence-corrected chi connectivity index (χ3v) is 1.80. The van der Waals surface area contributed by atoms with Gasteiger partial charge < -0.3 is 19.9 Å². The standard InChI is InChI=1S/C8H13N3O2S/c1-12-5-3-9-8(14)10-6-7-2-4-13-11-7/h2,4H,3,5-6H2,1H3,(H2,9,10,14). The number of nitrogens with one attached hydrogen (secondary N) is 2. The molecule has 0 radical (unpaired) electrons. The fraction of sp³-hybridized carbons (Fsp3) is 0.500. The van der Waals surface area contributed by atoms with E-state index >= 15 is 0 Å². The number of rotatable bonds is 5. The van der Waals surface area contributed by atoms with Crippen LogP contribution in [0, 0.1) is 0 Å². The Kier molecular flexibility index (Phi) is 4.95. The zero-order valence-corrected chi connectivity index (χ0v) is 8.76. The van der Waals surface area contributed by atoms with E-state index in [0.29, 0.717) is 24.8 Å². The summed E-state index contributed by atoms with van der Waals surface area (Å²) in [5, 5.41) is 10.3.